The molecule has 2 saturated heterocycles. The molecule has 2 aliphatic heterocycles. The zero-order valence-corrected chi connectivity index (χ0v) is 13.1. The number of carbonyl (C=O) groups excluding carboxylic acids is 1. The third-order valence-corrected chi connectivity index (χ3v) is 4.89. The van der Waals surface area contributed by atoms with Crippen LogP contribution in [0.3, 0.4) is 0 Å². The summed E-state index contributed by atoms with van der Waals surface area (Å²) in [6, 6.07) is 0. The molecule has 0 saturated carbocycles. The molecule has 3 nitrogen and oxygen atoms in total. The smallest absolute Gasteiger partial charge is 0.146 e. The monoisotopic (exact) mass is 267 g/mol. The summed E-state index contributed by atoms with van der Waals surface area (Å²) in [6.07, 6.45) is 3.92. The molecule has 2 rings (SSSR count). The minimum atomic E-state index is -0.329. The summed E-state index contributed by atoms with van der Waals surface area (Å²) in [5.41, 5.74) is -0.645. The van der Waals surface area contributed by atoms with Crippen LogP contribution in [0.2, 0.25) is 0 Å². The van der Waals surface area contributed by atoms with Crippen molar-refractivity contribution in [3.8, 4) is 0 Å². The van der Waals surface area contributed by atoms with E-state index in [4.69, 9.17) is 4.74 Å². The maximum absolute atomic E-state index is 13.1. The van der Waals surface area contributed by atoms with Crippen molar-refractivity contribution in [2.24, 2.45) is 11.3 Å². The van der Waals surface area contributed by atoms with Gasteiger partial charge in [0.2, 0.25) is 0 Å². The second-order valence-electron chi connectivity index (χ2n) is 7.54. The van der Waals surface area contributed by atoms with Gasteiger partial charge in [-0.15, -0.1) is 0 Å². The van der Waals surface area contributed by atoms with E-state index in [0.29, 0.717) is 5.78 Å². The Morgan fingerprint density at radius 2 is 2.00 bits per heavy atom. The van der Waals surface area contributed by atoms with E-state index in [-0.39, 0.29) is 22.5 Å². The molecule has 2 fully saturated rings. The largest absolute Gasteiger partial charge is 0.369 e. The third kappa shape index (κ3) is 2.73. The van der Waals surface area contributed by atoms with Crippen LogP contribution in [0.4, 0.5) is 0 Å². The lowest BCUT2D eigenvalue weighted by Crippen LogP contribution is -2.44. The van der Waals surface area contributed by atoms with Gasteiger partial charge in [0.25, 0.3) is 0 Å². The molecule has 0 amide bonds. The van der Waals surface area contributed by atoms with Crippen LogP contribution in [0, 0.1) is 11.3 Å². The van der Waals surface area contributed by atoms with Crippen molar-refractivity contribution in [3.63, 3.8) is 0 Å². The second-order valence-corrected chi connectivity index (χ2v) is 7.54. The lowest BCUT2D eigenvalue weighted by molar-refractivity contribution is -0.138. The highest BCUT2D eigenvalue weighted by atomic mass is 16.5. The summed E-state index contributed by atoms with van der Waals surface area (Å²) in [5, 5.41) is 3.39. The number of hydrogen-bond acceptors (Lipinski definition) is 3. The van der Waals surface area contributed by atoms with E-state index < -0.39 is 0 Å². The van der Waals surface area contributed by atoms with Gasteiger partial charge in [0.15, 0.2) is 0 Å². The summed E-state index contributed by atoms with van der Waals surface area (Å²) in [5.74, 6) is 0.476. The highest BCUT2D eigenvalue weighted by Gasteiger charge is 2.54. The summed E-state index contributed by atoms with van der Waals surface area (Å²) in [4.78, 5) is 13.1. The van der Waals surface area contributed by atoms with E-state index in [9.17, 15) is 4.79 Å². The van der Waals surface area contributed by atoms with E-state index >= 15 is 0 Å². The van der Waals surface area contributed by atoms with Crippen molar-refractivity contribution >= 4 is 5.78 Å². The van der Waals surface area contributed by atoms with Crippen LogP contribution < -0.4 is 5.32 Å². The van der Waals surface area contributed by atoms with Crippen LogP contribution in [0.1, 0.15) is 60.3 Å². The molecule has 0 radical (unpaired) electrons. The fourth-order valence-electron chi connectivity index (χ4n) is 4.11. The van der Waals surface area contributed by atoms with Crippen LogP contribution in [0.15, 0.2) is 0 Å². The third-order valence-electron chi connectivity index (χ3n) is 4.89. The van der Waals surface area contributed by atoms with Gasteiger partial charge in [-0.3, -0.25) is 4.79 Å². The van der Waals surface area contributed by atoms with E-state index in [1.165, 1.54) is 0 Å². The molecule has 2 aliphatic rings. The van der Waals surface area contributed by atoms with Gasteiger partial charge >= 0.3 is 0 Å². The van der Waals surface area contributed by atoms with Crippen molar-refractivity contribution < 1.29 is 9.53 Å². The van der Waals surface area contributed by atoms with Crippen LogP contribution in [-0.2, 0) is 9.53 Å². The molecule has 2 unspecified atom stereocenters. The summed E-state index contributed by atoms with van der Waals surface area (Å²) >= 11 is 0. The summed E-state index contributed by atoms with van der Waals surface area (Å²) in [6.45, 7) is 12.4. The van der Waals surface area contributed by atoms with Gasteiger partial charge in [-0.1, -0.05) is 13.3 Å². The Morgan fingerprint density at radius 1 is 1.32 bits per heavy atom. The number of ketones is 1. The highest BCUT2D eigenvalue weighted by Crippen LogP contribution is 2.47. The zero-order valence-electron chi connectivity index (χ0n) is 13.1. The SMILES string of the molecule is CCCC1(C(=O)C2CC(C)(C)OC2(C)C)CCNC1. The number of ether oxygens (including phenoxy) is 1. The quantitative estimate of drug-likeness (QED) is 0.851. The Morgan fingerprint density at radius 3 is 2.42 bits per heavy atom. The predicted molar refractivity (Wildman–Crippen MR) is 77.2 cm³/mol. The fraction of sp³-hybridized carbons (Fsp3) is 0.938. The van der Waals surface area contributed by atoms with Gasteiger partial charge in [-0.05, 0) is 53.5 Å². The molecule has 19 heavy (non-hydrogen) atoms. The fourth-order valence-corrected chi connectivity index (χ4v) is 4.11. The van der Waals surface area contributed by atoms with Crippen LogP contribution >= 0.6 is 0 Å². The van der Waals surface area contributed by atoms with E-state index in [0.717, 1.165) is 38.8 Å². The molecule has 0 aromatic heterocycles. The first-order chi connectivity index (χ1) is 8.72. The average Bonchev–Trinajstić information content (AvgIpc) is 2.81. The lowest BCUT2D eigenvalue weighted by atomic mass is 9.69. The first-order valence-electron chi connectivity index (χ1n) is 7.68. The predicted octanol–water partition coefficient (Wildman–Crippen LogP) is 2.93. The Hall–Kier alpha value is -0.410. The maximum Gasteiger partial charge on any atom is 0.146 e. The Bertz CT molecular complexity index is 354. The molecule has 110 valence electrons. The van der Waals surface area contributed by atoms with Crippen LogP contribution in [0.25, 0.3) is 0 Å². The van der Waals surface area contributed by atoms with Gasteiger partial charge in [-0.25, -0.2) is 0 Å². The molecule has 0 aromatic carbocycles. The highest BCUT2D eigenvalue weighted by molar-refractivity contribution is 5.89. The van der Waals surface area contributed by atoms with Crippen molar-refractivity contribution in [2.75, 3.05) is 13.1 Å². The van der Waals surface area contributed by atoms with Gasteiger partial charge in [0.05, 0.1) is 11.2 Å². The number of hydrogen-bond donors (Lipinski definition) is 1. The van der Waals surface area contributed by atoms with Gasteiger partial charge in [0, 0.05) is 17.9 Å². The summed E-state index contributed by atoms with van der Waals surface area (Å²) < 4.78 is 6.11. The van der Waals surface area contributed by atoms with Crippen molar-refractivity contribution in [1.29, 1.82) is 0 Å². The Kier molecular flexibility index (Phi) is 3.83. The molecule has 0 bridgehead atoms. The first-order valence-corrected chi connectivity index (χ1v) is 7.68. The first kappa shape index (κ1) is 15.0. The molecule has 0 aliphatic carbocycles. The van der Waals surface area contributed by atoms with E-state index in [1.807, 2.05) is 0 Å². The van der Waals surface area contributed by atoms with E-state index in [2.05, 4.69) is 39.9 Å². The maximum atomic E-state index is 13.1. The van der Waals surface area contributed by atoms with Gasteiger partial charge < -0.3 is 10.1 Å². The minimum absolute atomic E-state index is 0.0361. The van der Waals surface area contributed by atoms with Crippen molar-refractivity contribution in [3.05, 3.63) is 0 Å². The Balaban J connectivity index is 2.23. The number of Topliss-reactive ketones (excluding diaryl/α,β-unsaturated/α-hetero) is 1. The zero-order chi connectivity index (χ0) is 14.3. The molecule has 1 N–H and O–H groups in total. The van der Waals surface area contributed by atoms with Gasteiger partial charge in [-0.2, -0.15) is 0 Å². The topological polar surface area (TPSA) is 38.3 Å². The van der Waals surface area contributed by atoms with E-state index in [1.54, 1.807) is 0 Å². The molecule has 0 aromatic rings. The number of rotatable bonds is 4. The van der Waals surface area contributed by atoms with Gasteiger partial charge in [0.1, 0.15) is 5.78 Å². The normalized spacial score (nSPS) is 36.6. The Labute approximate surface area is 117 Å². The van der Waals surface area contributed by atoms with Crippen LogP contribution in [-0.4, -0.2) is 30.1 Å². The number of nitrogens with one attached hydrogen (secondary N) is 1. The van der Waals surface area contributed by atoms with Crippen molar-refractivity contribution in [2.45, 2.75) is 71.5 Å². The average molecular weight is 267 g/mol. The molecule has 0 spiro atoms. The van der Waals surface area contributed by atoms with Crippen molar-refractivity contribution in [1.82, 2.24) is 5.32 Å². The lowest BCUT2D eigenvalue weighted by Gasteiger charge is -2.34. The molecule has 2 heterocycles. The molecule has 3 heteroatoms. The molecule has 2 atom stereocenters. The number of carbonyl (C=O) groups is 1. The molecular formula is C16H29NO2. The summed E-state index contributed by atoms with van der Waals surface area (Å²) in [7, 11) is 0. The van der Waals surface area contributed by atoms with Crippen LogP contribution in [0.5, 0.6) is 0 Å². The minimum Gasteiger partial charge on any atom is -0.369 e. The second kappa shape index (κ2) is 4.85. The molecular weight excluding hydrogens is 238 g/mol. The standard InChI is InChI=1S/C16H29NO2/c1-6-7-16(8-9-17-11-16)13(18)12-10-14(2,3)19-15(12,4)5/h12,17H,6-11H2,1-5H3.